The highest BCUT2D eigenvalue weighted by atomic mass is 16.3. The van der Waals surface area contributed by atoms with Crippen LogP contribution in [0.2, 0.25) is 0 Å². The Bertz CT molecular complexity index is 338. The van der Waals surface area contributed by atoms with Crippen molar-refractivity contribution in [1.29, 1.82) is 0 Å². The molecule has 2 aliphatic heterocycles. The van der Waals surface area contributed by atoms with Gasteiger partial charge in [0.2, 0.25) is 11.8 Å². The molecule has 2 heterocycles. The minimum atomic E-state index is -0.953. The molecule has 2 fully saturated rings. The second-order valence-electron chi connectivity index (χ2n) is 4.71. The summed E-state index contributed by atoms with van der Waals surface area (Å²) in [5.74, 6) is -0.846. The molecule has 2 aliphatic rings. The topological polar surface area (TPSA) is 108 Å². The Hall–Kier alpha value is -1.18. The van der Waals surface area contributed by atoms with Crippen LogP contribution in [0, 0.1) is 0 Å². The van der Waals surface area contributed by atoms with Gasteiger partial charge in [-0.25, -0.2) is 0 Å². The molecule has 2 rings (SSSR count). The molecule has 0 radical (unpaired) electrons. The molecule has 0 aromatic rings. The molecule has 2 saturated heterocycles. The SMILES string of the molecule is C[C@@H](O)[C@@H](C(N)=O)N1CC2(CNCCN2)C1=O. The minimum absolute atomic E-state index is 0.172. The number of hydrogen-bond acceptors (Lipinski definition) is 5. The number of rotatable bonds is 3. The van der Waals surface area contributed by atoms with Crippen LogP contribution in [0.15, 0.2) is 0 Å². The molecule has 2 amide bonds. The Balaban J connectivity index is 2.07. The molecule has 1 unspecified atom stereocenters. The predicted molar refractivity (Wildman–Crippen MR) is 60.0 cm³/mol. The number of nitrogens with two attached hydrogens (primary N) is 1. The smallest absolute Gasteiger partial charge is 0.246 e. The Labute approximate surface area is 99.3 Å². The molecule has 5 N–H and O–H groups in total. The fraction of sp³-hybridized carbons (Fsp3) is 0.800. The molecule has 0 saturated carbocycles. The van der Waals surface area contributed by atoms with Gasteiger partial charge in [-0.3, -0.25) is 14.9 Å². The largest absolute Gasteiger partial charge is 0.391 e. The maximum Gasteiger partial charge on any atom is 0.246 e. The number of carbonyl (C=O) groups is 2. The lowest BCUT2D eigenvalue weighted by Crippen LogP contribution is -2.82. The minimum Gasteiger partial charge on any atom is -0.391 e. The molecule has 96 valence electrons. The van der Waals surface area contributed by atoms with Crippen molar-refractivity contribution in [2.75, 3.05) is 26.2 Å². The molecule has 7 heteroatoms. The van der Waals surface area contributed by atoms with Gasteiger partial charge >= 0.3 is 0 Å². The number of hydrogen-bond donors (Lipinski definition) is 4. The fourth-order valence-corrected chi connectivity index (χ4v) is 2.51. The molecule has 1 spiro atoms. The van der Waals surface area contributed by atoms with E-state index in [2.05, 4.69) is 10.6 Å². The second-order valence-corrected chi connectivity index (χ2v) is 4.71. The van der Waals surface area contributed by atoms with Crippen molar-refractivity contribution < 1.29 is 14.7 Å². The summed E-state index contributed by atoms with van der Waals surface area (Å²) in [4.78, 5) is 24.7. The van der Waals surface area contributed by atoms with Crippen LogP contribution in [0.1, 0.15) is 6.92 Å². The van der Waals surface area contributed by atoms with Gasteiger partial charge in [0.1, 0.15) is 11.6 Å². The zero-order chi connectivity index (χ0) is 12.6. The number of piperazine rings is 1. The summed E-state index contributed by atoms with van der Waals surface area (Å²) in [6, 6.07) is -0.933. The van der Waals surface area contributed by atoms with Crippen molar-refractivity contribution >= 4 is 11.8 Å². The van der Waals surface area contributed by atoms with Crippen LogP contribution in [0.5, 0.6) is 0 Å². The Morgan fingerprint density at radius 3 is 2.71 bits per heavy atom. The first-order valence-corrected chi connectivity index (χ1v) is 5.72. The summed E-state index contributed by atoms with van der Waals surface area (Å²) < 4.78 is 0. The number of nitrogens with zero attached hydrogens (tertiary/aromatic N) is 1. The lowest BCUT2D eigenvalue weighted by Gasteiger charge is -2.53. The number of β-lactam (4-membered cyclic amide) rings is 1. The lowest BCUT2D eigenvalue weighted by molar-refractivity contribution is -0.165. The van der Waals surface area contributed by atoms with Crippen molar-refractivity contribution in [1.82, 2.24) is 15.5 Å². The van der Waals surface area contributed by atoms with Gasteiger partial charge in [0, 0.05) is 19.6 Å². The van der Waals surface area contributed by atoms with E-state index in [1.165, 1.54) is 11.8 Å². The van der Waals surface area contributed by atoms with E-state index in [9.17, 15) is 14.7 Å². The molecule has 0 aromatic carbocycles. The third-order valence-electron chi connectivity index (χ3n) is 3.39. The van der Waals surface area contributed by atoms with Crippen LogP contribution < -0.4 is 16.4 Å². The predicted octanol–water partition coefficient (Wildman–Crippen LogP) is -3.01. The number of carbonyl (C=O) groups excluding carboxylic acids is 2. The fourth-order valence-electron chi connectivity index (χ4n) is 2.51. The summed E-state index contributed by atoms with van der Waals surface area (Å²) in [6.07, 6.45) is -0.953. The third-order valence-corrected chi connectivity index (χ3v) is 3.39. The van der Waals surface area contributed by atoms with Gasteiger partial charge < -0.3 is 21.1 Å². The summed E-state index contributed by atoms with van der Waals surface area (Å²) in [6.45, 7) is 3.95. The third kappa shape index (κ3) is 1.90. The van der Waals surface area contributed by atoms with E-state index < -0.39 is 23.6 Å². The molecule has 0 bridgehead atoms. The zero-order valence-corrected chi connectivity index (χ0v) is 9.77. The summed E-state index contributed by atoms with van der Waals surface area (Å²) in [5.41, 5.74) is 4.59. The van der Waals surface area contributed by atoms with Crippen LogP contribution in [-0.4, -0.2) is 65.7 Å². The highest BCUT2D eigenvalue weighted by Gasteiger charge is 2.56. The molecular weight excluding hydrogens is 224 g/mol. The Kier molecular flexibility index (Phi) is 3.07. The molecule has 0 aromatic heterocycles. The molecule has 3 atom stereocenters. The van der Waals surface area contributed by atoms with Gasteiger partial charge in [-0.2, -0.15) is 0 Å². The van der Waals surface area contributed by atoms with Crippen molar-refractivity contribution in [3.8, 4) is 0 Å². The summed E-state index contributed by atoms with van der Waals surface area (Å²) in [5, 5.41) is 15.8. The van der Waals surface area contributed by atoms with E-state index in [-0.39, 0.29) is 5.91 Å². The number of aliphatic hydroxyl groups excluding tert-OH is 1. The zero-order valence-electron chi connectivity index (χ0n) is 9.77. The van der Waals surface area contributed by atoms with Crippen LogP contribution in [0.3, 0.4) is 0 Å². The molecule has 7 nitrogen and oxygen atoms in total. The van der Waals surface area contributed by atoms with Crippen molar-refractivity contribution in [2.24, 2.45) is 5.73 Å². The van der Waals surface area contributed by atoms with Crippen LogP contribution in [0.25, 0.3) is 0 Å². The average Bonchev–Trinajstić information content (AvgIpc) is 2.28. The standard InChI is InChI=1S/C10H18N4O3/c1-6(15)7(8(11)16)14-5-10(9(14)17)4-12-2-3-13-10/h6-7,12-13,15H,2-5H2,1H3,(H2,11,16)/t6-,7+,10?/m1/s1. The lowest BCUT2D eigenvalue weighted by atomic mass is 9.84. The van der Waals surface area contributed by atoms with Crippen molar-refractivity contribution in [3.63, 3.8) is 0 Å². The molecular formula is C10H18N4O3. The summed E-state index contributed by atoms with van der Waals surface area (Å²) in [7, 11) is 0. The molecule has 17 heavy (non-hydrogen) atoms. The first-order valence-electron chi connectivity index (χ1n) is 5.72. The average molecular weight is 242 g/mol. The number of nitrogens with one attached hydrogen (secondary N) is 2. The normalized spacial score (nSPS) is 32.1. The maximum atomic E-state index is 12.1. The van der Waals surface area contributed by atoms with Gasteiger partial charge in [-0.1, -0.05) is 0 Å². The van der Waals surface area contributed by atoms with E-state index >= 15 is 0 Å². The maximum absolute atomic E-state index is 12.1. The quantitative estimate of drug-likeness (QED) is 0.394. The molecule has 0 aliphatic carbocycles. The summed E-state index contributed by atoms with van der Waals surface area (Å²) >= 11 is 0. The van der Waals surface area contributed by atoms with Gasteiger partial charge in [-0.15, -0.1) is 0 Å². The first-order chi connectivity index (χ1) is 7.98. The Morgan fingerprint density at radius 1 is 1.59 bits per heavy atom. The number of amides is 2. The van der Waals surface area contributed by atoms with Crippen LogP contribution >= 0.6 is 0 Å². The van der Waals surface area contributed by atoms with Gasteiger partial charge in [0.15, 0.2) is 0 Å². The van der Waals surface area contributed by atoms with Gasteiger partial charge in [-0.05, 0) is 6.92 Å². The van der Waals surface area contributed by atoms with Crippen LogP contribution in [0.4, 0.5) is 0 Å². The van der Waals surface area contributed by atoms with Crippen molar-refractivity contribution in [2.45, 2.75) is 24.6 Å². The second kappa shape index (κ2) is 4.25. The van der Waals surface area contributed by atoms with Crippen LogP contribution in [-0.2, 0) is 9.59 Å². The van der Waals surface area contributed by atoms with E-state index in [0.29, 0.717) is 13.1 Å². The highest BCUT2D eigenvalue weighted by molar-refractivity contribution is 5.97. The van der Waals surface area contributed by atoms with E-state index in [4.69, 9.17) is 5.73 Å². The van der Waals surface area contributed by atoms with Gasteiger partial charge in [0.05, 0.1) is 12.6 Å². The monoisotopic (exact) mass is 242 g/mol. The highest BCUT2D eigenvalue weighted by Crippen LogP contribution is 2.27. The van der Waals surface area contributed by atoms with E-state index in [1.807, 2.05) is 0 Å². The number of likely N-dealkylation sites (tertiary alicyclic amines) is 1. The number of aliphatic hydroxyl groups is 1. The Morgan fingerprint density at radius 2 is 2.29 bits per heavy atom. The van der Waals surface area contributed by atoms with Crippen molar-refractivity contribution in [3.05, 3.63) is 0 Å². The van der Waals surface area contributed by atoms with E-state index in [1.54, 1.807) is 0 Å². The number of primary amides is 1. The van der Waals surface area contributed by atoms with Gasteiger partial charge in [0.25, 0.3) is 0 Å². The first kappa shape index (κ1) is 12.3. The van der Waals surface area contributed by atoms with E-state index in [0.717, 1.165) is 13.1 Å².